The first kappa shape index (κ1) is 18.9. The maximum Gasteiger partial charge on any atom is 0.243 e. The van der Waals surface area contributed by atoms with E-state index in [9.17, 15) is 9.59 Å². The number of nitrogens with one attached hydrogen (secondary N) is 1. The fraction of sp³-hybridized carbons (Fsp3) is 0.600. The summed E-state index contributed by atoms with van der Waals surface area (Å²) in [6, 6.07) is 7.50. The summed E-state index contributed by atoms with van der Waals surface area (Å²) in [5.74, 6) is -0.0176. The third kappa shape index (κ3) is 4.43. The summed E-state index contributed by atoms with van der Waals surface area (Å²) in [6.45, 7) is 6.70. The summed E-state index contributed by atoms with van der Waals surface area (Å²) in [7, 11) is 0. The summed E-state index contributed by atoms with van der Waals surface area (Å²) in [6.07, 6.45) is 2.81. The maximum absolute atomic E-state index is 12.8. The van der Waals surface area contributed by atoms with E-state index in [1.54, 1.807) is 4.90 Å². The Balaban J connectivity index is 1.66. The van der Waals surface area contributed by atoms with Gasteiger partial charge in [-0.25, -0.2) is 0 Å². The predicted octanol–water partition coefficient (Wildman–Crippen LogP) is 1.58. The molecule has 0 aromatic heterocycles. The van der Waals surface area contributed by atoms with Crippen molar-refractivity contribution in [3.05, 3.63) is 29.8 Å². The van der Waals surface area contributed by atoms with Crippen molar-refractivity contribution in [2.45, 2.75) is 38.6 Å². The van der Waals surface area contributed by atoms with Crippen LogP contribution in [0.3, 0.4) is 0 Å². The minimum Gasteiger partial charge on any atom is -0.379 e. The molecule has 0 bridgehead atoms. The molecule has 2 aliphatic heterocycles. The molecular weight excluding hydrogens is 330 g/mol. The molecule has 0 saturated carbocycles. The van der Waals surface area contributed by atoms with Gasteiger partial charge in [0.15, 0.2) is 0 Å². The van der Waals surface area contributed by atoms with E-state index < -0.39 is 6.04 Å². The van der Waals surface area contributed by atoms with Crippen LogP contribution in [0.25, 0.3) is 0 Å². The van der Waals surface area contributed by atoms with Crippen LogP contribution in [0.1, 0.15) is 31.7 Å². The molecule has 1 N–H and O–H groups in total. The second-order valence-electron chi connectivity index (χ2n) is 6.92. The van der Waals surface area contributed by atoms with Crippen molar-refractivity contribution in [2.24, 2.45) is 0 Å². The van der Waals surface area contributed by atoms with Gasteiger partial charge < -0.3 is 10.1 Å². The molecule has 2 heterocycles. The third-order valence-electron chi connectivity index (χ3n) is 5.19. The normalized spacial score (nSPS) is 19.6. The first-order chi connectivity index (χ1) is 12.7. The van der Waals surface area contributed by atoms with Crippen molar-refractivity contribution in [3.63, 3.8) is 0 Å². The van der Waals surface area contributed by atoms with Crippen LogP contribution in [0.4, 0.5) is 5.69 Å². The zero-order valence-corrected chi connectivity index (χ0v) is 15.6. The zero-order chi connectivity index (χ0) is 18.4. The molecule has 0 radical (unpaired) electrons. The molecule has 2 aliphatic rings. The van der Waals surface area contributed by atoms with Crippen molar-refractivity contribution >= 4 is 17.5 Å². The average molecular weight is 359 g/mol. The Kier molecular flexibility index (Phi) is 6.63. The summed E-state index contributed by atoms with van der Waals surface area (Å²) in [5.41, 5.74) is 2.04. The Bertz CT molecular complexity index is 628. The topological polar surface area (TPSA) is 61.9 Å². The van der Waals surface area contributed by atoms with E-state index in [0.717, 1.165) is 56.9 Å². The van der Waals surface area contributed by atoms with Gasteiger partial charge >= 0.3 is 0 Å². The van der Waals surface area contributed by atoms with Crippen molar-refractivity contribution < 1.29 is 14.3 Å². The minimum atomic E-state index is -0.452. The van der Waals surface area contributed by atoms with Crippen LogP contribution in [-0.2, 0) is 20.7 Å². The van der Waals surface area contributed by atoms with Crippen molar-refractivity contribution in [1.29, 1.82) is 0 Å². The van der Waals surface area contributed by atoms with Crippen LogP contribution in [0.15, 0.2) is 24.3 Å². The Morgan fingerprint density at radius 1 is 1.23 bits per heavy atom. The Hall–Kier alpha value is -1.92. The molecule has 1 saturated heterocycles. The summed E-state index contributed by atoms with van der Waals surface area (Å²) in [4.78, 5) is 29.6. The fourth-order valence-electron chi connectivity index (χ4n) is 3.75. The number of ether oxygens (including phenoxy) is 1. The maximum atomic E-state index is 12.8. The molecule has 1 atom stereocenters. The fourth-order valence-corrected chi connectivity index (χ4v) is 3.75. The second kappa shape index (κ2) is 9.14. The largest absolute Gasteiger partial charge is 0.379 e. The number of amides is 2. The van der Waals surface area contributed by atoms with E-state index in [1.807, 2.05) is 25.1 Å². The van der Waals surface area contributed by atoms with Gasteiger partial charge in [-0.1, -0.05) is 25.1 Å². The van der Waals surface area contributed by atoms with Gasteiger partial charge in [-0.2, -0.15) is 0 Å². The lowest BCUT2D eigenvalue weighted by atomic mass is 10.1. The molecule has 6 nitrogen and oxygen atoms in total. The molecule has 1 aromatic rings. The molecule has 0 spiro atoms. The number of carbonyl (C=O) groups is 2. The van der Waals surface area contributed by atoms with Crippen LogP contribution < -0.4 is 10.2 Å². The minimum absolute atomic E-state index is 0.0464. The van der Waals surface area contributed by atoms with Gasteiger partial charge in [-0.15, -0.1) is 0 Å². The zero-order valence-electron chi connectivity index (χ0n) is 15.6. The highest BCUT2D eigenvalue weighted by Gasteiger charge is 2.32. The molecule has 3 rings (SSSR count). The Morgan fingerprint density at radius 3 is 2.77 bits per heavy atom. The van der Waals surface area contributed by atoms with Gasteiger partial charge in [-0.05, 0) is 30.9 Å². The number of para-hydroxylation sites is 1. The number of hydrogen-bond donors (Lipinski definition) is 1. The van der Waals surface area contributed by atoms with Crippen LogP contribution in [-0.4, -0.2) is 62.1 Å². The van der Waals surface area contributed by atoms with E-state index in [1.165, 1.54) is 0 Å². The van der Waals surface area contributed by atoms with Crippen molar-refractivity contribution in [3.8, 4) is 0 Å². The highest BCUT2D eigenvalue weighted by Crippen LogP contribution is 2.29. The van der Waals surface area contributed by atoms with Gasteiger partial charge in [0.2, 0.25) is 11.8 Å². The van der Waals surface area contributed by atoms with E-state index >= 15 is 0 Å². The average Bonchev–Trinajstić information content (AvgIpc) is 2.83. The van der Waals surface area contributed by atoms with E-state index in [0.29, 0.717) is 19.4 Å². The monoisotopic (exact) mass is 359 g/mol. The molecule has 1 aromatic carbocycles. The SMILES string of the molecule is CC[C@H](C(=O)NCCN1CCOCC1)N1C(=O)CCCc2ccccc21. The standard InChI is InChI=1S/C20H29N3O3/c1-2-17(20(25)21-10-11-22-12-14-26-15-13-22)23-18-8-4-3-6-16(18)7-5-9-19(23)24/h3-4,6,8,17H,2,5,7,9-15H2,1H3,(H,21,25)/t17-/m1/s1. The van der Waals surface area contributed by atoms with Crippen LogP contribution >= 0.6 is 0 Å². The number of hydrogen-bond acceptors (Lipinski definition) is 4. The number of carbonyl (C=O) groups excluding carboxylic acids is 2. The lowest BCUT2D eigenvalue weighted by molar-refractivity contribution is -0.126. The smallest absolute Gasteiger partial charge is 0.243 e. The first-order valence-electron chi connectivity index (χ1n) is 9.68. The Morgan fingerprint density at radius 2 is 2.00 bits per heavy atom. The molecule has 1 fully saturated rings. The number of aryl methyl sites for hydroxylation is 1. The molecule has 2 amide bonds. The van der Waals surface area contributed by atoms with Crippen LogP contribution in [0.5, 0.6) is 0 Å². The molecule has 0 unspecified atom stereocenters. The number of nitrogens with zero attached hydrogens (tertiary/aromatic N) is 2. The van der Waals surface area contributed by atoms with Crippen molar-refractivity contribution in [2.75, 3.05) is 44.3 Å². The highest BCUT2D eigenvalue weighted by atomic mass is 16.5. The van der Waals surface area contributed by atoms with Gasteiger partial charge in [-0.3, -0.25) is 19.4 Å². The number of rotatable bonds is 6. The lowest BCUT2D eigenvalue weighted by Crippen LogP contribution is -2.51. The van der Waals surface area contributed by atoms with E-state index in [4.69, 9.17) is 4.74 Å². The van der Waals surface area contributed by atoms with E-state index in [2.05, 4.69) is 16.3 Å². The molecular formula is C20H29N3O3. The van der Waals surface area contributed by atoms with Gasteiger partial charge in [0.05, 0.1) is 13.2 Å². The molecule has 26 heavy (non-hydrogen) atoms. The third-order valence-corrected chi connectivity index (χ3v) is 5.19. The summed E-state index contributed by atoms with van der Waals surface area (Å²) in [5, 5.41) is 3.03. The highest BCUT2D eigenvalue weighted by molar-refractivity contribution is 6.01. The lowest BCUT2D eigenvalue weighted by Gasteiger charge is -2.31. The first-order valence-corrected chi connectivity index (χ1v) is 9.68. The Labute approximate surface area is 155 Å². The van der Waals surface area contributed by atoms with Gasteiger partial charge in [0.25, 0.3) is 0 Å². The number of fused-ring (bicyclic) bond motifs is 1. The molecule has 0 aliphatic carbocycles. The van der Waals surface area contributed by atoms with Crippen LogP contribution in [0.2, 0.25) is 0 Å². The van der Waals surface area contributed by atoms with Crippen molar-refractivity contribution in [1.82, 2.24) is 10.2 Å². The number of morpholine rings is 1. The van der Waals surface area contributed by atoms with Gasteiger partial charge in [0.1, 0.15) is 6.04 Å². The van der Waals surface area contributed by atoms with E-state index in [-0.39, 0.29) is 11.8 Å². The van der Waals surface area contributed by atoms with Gasteiger partial charge in [0, 0.05) is 38.3 Å². The molecule has 6 heteroatoms. The number of benzene rings is 1. The second-order valence-corrected chi connectivity index (χ2v) is 6.92. The molecule has 142 valence electrons. The summed E-state index contributed by atoms with van der Waals surface area (Å²) >= 11 is 0. The van der Waals surface area contributed by atoms with Crippen LogP contribution in [0, 0.1) is 0 Å². The number of anilines is 1. The quantitative estimate of drug-likeness (QED) is 0.838. The predicted molar refractivity (Wildman–Crippen MR) is 101 cm³/mol. The summed E-state index contributed by atoms with van der Waals surface area (Å²) < 4.78 is 5.35.